The molecule has 0 atom stereocenters. The van der Waals surface area contributed by atoms with Crippen LogP contribution in [-0.4, -0.2) is 15.9 Å². The van der Waals surface area contributed by atoms with Crippen molar-refractivity contribution in [3.63, 3.8) is 0 Å². The maximum atomic E-state index is 12.1. The van der Waals surface area contributed by atoms with Gasteiger partial charge in [0.2, 0.25) is 0 Å². The largest absolute Gasteiger partial charge is 0.512 e. The van der Waals surface area contributed by atoms with Gasteiger partial charge < -0.3 is 10.1 Å². The van der Waals surface area contributed by atoms with Crippen LogP contribution in [0, 0.1) is 29.7 Å². The van der Waals surface area contributed by atoms with Crippen LogP contribution in [0.4, 0.5) is 0 Å². The summed E-state index contributed by atoms with van der Waals surface area (Å²) in [7, 11) is 0. The zero-order chi connectivity index (χ0) is 31.8. The minimum atomic E-state index is 0. The van der Waals surface area contributed by atoms with Crippen molar-refractivity contribution in [2.24, 2.45) is 23.7 Å². The average Bonchev–Trinajstić information content (AvgIpc) is 2.97. The summed E-state index contributed by atoms with van der Waals surface area (Å²) in [5.41, 5.74) is 4.73. The zero-order valence-corrected chi connectivity index (χ0v) is 30.8. The van der Waals surface area contributed by atoms with Gasteiger partial charge in [-0.1, -0.05) is 106 Å². The number of ketones is 1. The van der Waals surface area contributed by atoms with E-state index in [4.69, 9.17) is 4.98 Å². The number of allylic oxidation sites excluding steroid dienone is 2. The molecule has 0 aliphatic carbocycles. The number of rotatable bonds is 10. The fourth-order valence-electron chi connectivity index (χ4n) is 6.03. The summed E-state index contributed by atoms with van der Waals surface area (Å²) in [6.45, 7) is 21.2. The fraction of sp³-hybridized carbons (Fsp3) is 0.450. The average molecular weight is 771 g/mol. The van der Waals surface area contributed by atoms with E-state index >= 15 is 0 Å². The molecule has 3 nitrogen and oxygen atoms in total. The summed E-state index contributed by atoms with van der Waals surface area (Å²) >= 11 is 0. The normalized spacial score (nSPS) is 12.0. The minimum Gasteiger partial charge on any atom is -0.512 e. The number of aliphatic hydroxyl groups is 1. The maximum absolute atomic E-state index is 12.1. The number of nitrogens with zero attached hydrogens (tertiary/aromatic N) is 1. The second kappa shape index (κ2) is 17.0. The van der Waals surface area contributed by atoms with Crippen molar-refractivity contribution in [3.05, 3.63) is 89.8 Å². The van der Waals surface area contributed by atoms with Crippen LogP contribution in [0.3, 0.4) is 0 Å². The smallest absolute Gasteiger partial charge is 0.162 e. The van der Waals surface area contributed by atoms with Gasteiger partial charge in [0, 0.05) is 44.2 Å². The molecule has 1 aromatic heterocycles. The van der Waals surface area contributed by atoms with Crippen molar-refractivity contribution >= 4 is 27.3 Å². The summed E-state index contributed by atoms with van der Waals surface area (Å²) < 4.78 is 0. The molecule has 1 N–H and O–H groups in total. The molecule has 3 aromatic carbocycles. The van der Waals surface area contributed by atoms with Crippen LogP contribution >= 0.6 is 0 Å². The first kappa shape index (κ1) is 37.4. The molecule has 4 aromatic rings. The molecule has 0 saturated heterocycles. The molecule has 0 aliphatic heterocycles. The van der Waals surface area contributed by atoms with Crippen LogP contribution in [-0.2, 0) is 24.9 Å². The number of fused-ring (bicyclic) bond motifs is 3. The van der Waals surface area contributed by atoms with Gasteiger partial charge in [0.25, 0.3) is 0 Å². The van der Waals surface area contributed by atoms with E-state index in [1.807, 2.05) is 20.0 Å². The molecular formula is C40H52IrNO2-. The molecule has 0 spiro atoms. The van der Waals surface area contributed by atoms with Gasteiger partial charge in [0.05, 0.1) is 5.76 Å². The summed E-state index contributed by atoms with van der Waals surface area (Å²) in [5, 5.41) is 14.9. The fourth-order valence-corrected chi connectivity index (χ4v) is 6.03. The topological polar surface area (TPSA) is 50.2 Å². The van der Waals surface area contributed by atoms with Crippen LogP contribution in [0.15, 0.2) is 72.6 Å². The van der Waals surface area contributed by atoms with Crippen molar-refractivity contribution in [1.82, 2.24) is 4.98 Å². The molecule has 0 amide bonds. The van der Waals surface area contributed by atoms with Crippen molar-refractivity contribution in [2.45, 2.75) is 93.9 Å². The van der Waals surface area contributed by atoms with E-state index in [1.165, 1.54) is 38.7 Å². The summed E-state index contributed by atoms with van der Waals surface area (Å²) in [5.74, 6) is 2.01. The van der Waals surface area contributed by atoms with Gasteiger partial charge >= 0.3 is 0 Å². The Labute approximate surface area is 279 Å². The van der Waals surface area contributed by atoms with Crippen LogP contribution in [0.1, 0.15) is 105 Å². The number of hydrogen-bond donors (Lipinski definition) is 1. The Kier molecular flexibility index (Phi) is 14.5. The SMILES string of the molecule is CC(C)c1[c-]c(-c2nccc3c2ccc2ccccc23)cc(C(C)C)c1.CCC(CC)/C(O)=C/C(=O)C(C(C)C)C(C)C.[Ir]. The molecular weight excluding hydrogens is 719 g/mol. The maximum Gasteiger partial charge on any atom is 0.162 e. The van der Waals surface area contributed by atoms with Crippen LogP contribution in [0.5, 0.6) is 0 Å². The predicted octanol–water partition coefficient (Wildman–Crippen LogP) is 11.5. The number of hydrogen-bond acceptors (Lipinski definition) is 3. The number of aliphatic hydroxyl groups excluding tert-OH is 1. The Morgan fingerprint density at radius 3 is 2.02 bits per heavy atom. The Balaban J connectivity index is 0.000000331. The summed E-state index contributed by atoms with van der Waals surface area (Å²) in [6, 6.07) is 23.2. The molecule has 0 bridgehead atoms. The summed E-state index contributed by atoms with van der Waals surface area (Å²) in [4.78, 5) is 16.9. The third kappa shape index (κ3) is 9.11. The van der Waals surface area contributed by atoms with Crippen LogP contribution < -0.4 is 0 Å². The van der Waals surface area contributed by atoms with Crippen molar-refractivity contribution in [1.29, 1.82) is 0 Å². The summed E-state index contributed by atoms with van der Waals surface area (Å²) in [6.07, 6.45) is 5.14. The molecule has 1 heterocycles. The molecule has 1 radical (unpaired) electrons. The van der Waals surface area contributed by atoms with E-state index in [9.17, 15) is 9.90 Å². The van der Waals surface area contributed by atoms with E-state index in [2.05, 4.69) is 116 Å². The Morgan fingerprint density at radius 1 is 0.818 bits per heavy atom. The Morgan fingerprint density at radius 2 is 1.45 bits per heavy atom. The monoisotopic (exact) mass is 771 g/mol. The molecule has 239 valence electrons. The van der Waals surface area contributed by atoms with Gasteiger partial charge in [-0.25, -0.2) is 0 Å². The third-order valence-corrected chi connectivity index (χ3v) is 8.59. The van der Waals surface area contributed by atoms with Gasteiger partial charge in [-0.15, -0.1) is 34.9 Å². The quantitative estimate of drug-likeness (QED) is 0.0756. The first-order chi connectivity index (χ1) is 20.4. The third-order valence-electron chi connectivity index (χ3n) is 8.59. The van der Waals surface area contributed by atoms with Crippen LogP contribution in [0.25, 0.3) is 32.8 Å². The first-order valence-corrected chi connectivity index (χ1v) is 16.2. The number of pyridine rings is 1. The van der Waals surface area contributed by atoms with Crippen LogP contribution in [0.2, 0.25) is 0 Å². The molecule has 4 heteroatoms. The molecule has 0 aliphatic rings. The predicted molar refractivity (Wildman–Crippen MR) is 185 cm³/mol. The van der Waals surface area contributed by atoms with E-state index < -0.39 is 0 Å². The van der Waals surface area contributed by atoms with E-state index in [1.54, 1.807) is 0 Å². The second-order valence-electron chi connectivity index (χ2n) is 13.1. The molecule has 44 heavy (non-hydrogen) atoms. The van der Waals surface area contributed by atoms with Gasteiger partial charge in [-0.05, 0) is 69.8 Å². The molecule has 4 rings (SSSR count). The van der Waals surface area contributed by atoms with Gasteiger partial charge in [0.1, 0.15) is 0 Å². The van der Waals surface area contributed by atoms with E-state index in [-0.39, 0.29) is 43.5 Å². The number of aromatic nitrogens is 1. The minimum absolute atomic E-state index is 0. The first-order valence-electron chi connectivity index (χ1n) is 16.2. The number of carbonyl (C=O) groups is 1. The second-order valence-corrected chi connectivity index (χ2v) is 13.1. The van der Waals surface area contributed by atoms with Gasteiger partial charge in [-0.3, -0.25) is 4.79 Å². The van der Waals surface area contributed by atoms with E-state index in [0.717, 1.165) is 24.1 Å². The Hall–Kier alpha value is -2.81. The van der Waals surface area contributed by atoms with Crippen molar-refractivity contribution in [3.8, 4) is 11.3 Å². The molecule has 0 unspecified atom stereocenters. The zero-order valence-electron chi connectivity index (χ0n) is 28.4. The van der Waals surface area contributed by atoms with E-state index in [0.29, 0.717) is 23.7 Å². The van der Waals surface area contributed by atoms with Gasteiger partial charge in [0.15, 0.2) is 5.78 Å². The molecule has 0 fully saturated rings. The van der Waals surface area contributed by atoms with Crippen molar-refractivity contribution < 1.29 is 30.0 Å². The number of benzene rings is 3. The van der Waals surface area contributed by atoms with Gasteiger partial charge in [-0.2, -0.15) is 0 Å². The standard InChI is InChI=1S/C25H24N.C15H28O2.Ir/c1-16(2)19-13-20(17(3)4)15-21(14-19)25-24-10-9-18-7-5-6-8-22(18)23(24)11-12-26-25;1-7-12(8-2)13(16)9-14(17)15(10(3)4)11(5)6;/h5-14,16-17H,1-4H3;9-12,15-16H,7-8H2,1-6H3;/q-1;;/b;13-9-;. The number of carbonyl (C=O) groups excluding carboxylic acids is 1. The molecule has 0 saturated carbocycles. The van der Waals surface area contributed by atoms with Crippen molar-refractivity contribution in [2.75, 3.05) is 0 Å². The Bertz CT molecular complexity index is 1510.